The molecule has 1 fully saturated rings. The molecule has 0 bridgehead atoms. The molecule has 0 radical (unpaired) electrons. The van der Waals surface area contributed by atoms with E-state index in [1.54, 1.807) is 14.1 Å². The Hall–Kier alpha value is -2.29. The molecule has 0 aromatic heterocycles. The van der Waals surface area contributed by atoms with Crippen molar-refractivity contribution in [2.24, 2.45) is 0 Å². The predicted octanol–water partition coefficient (Wildman–Crippen LogP) is 1.69. The quantitative estimate of drug-likeness (QED) is 0.505. The first-order valence-electron chi connectivity index (χ1n) is 7.35. The zero-order valence-corrected chi connectivity index (χ0v) is 14.3. The molecule has 0 saturated carbocycles. The molecule has 0 N–H and O–H groups in total. The summed E-state index contributed by atoms with van der Waals surface area (Å²) in [5, 5.41) is 10.5. The van der Waals surface area contributed by atoms with E-state index in [1.807, 2.05) is 0 Å². The normalized spacial score (nSPS) is 19.9. The second kappa shape index (κ2) is 7.52. The first-order chi connectivity index (χ1) is 11.3. The molecule has 0 spiro atoms. The SMILES string of the molecule is CN(C)C(=O)C1CC(S)CN1C(=O)OCc1ccc([N+](=O)[O-])cc1. The Balaban J connectivity index is 1.98. The van der Waals surface area contributed by atoms with Gasteiger partial charge >= 0.3 is 6.09 Å². The van der Waals surface area contributed by atoms with Crippen LogP contribution in [0.1, 0.15) is 12.0 Å². The maximum Gasteiger partial charge on any atom is 0.410 e. The van der Waals surface area contributed by atoms with Crippen LogP contribution >= 0.6 is 12.6 Å². The van der Waals surface area contributed by atoms with Gasteiger partial charge < -0.3 is 9.64 Å². The molecule has 1 heterocycles. The molecule has 2 atom stereocenters. The molecule has 8 nitrogen and oxygen atoms in total. The number of likely N-dealkylation sites (N-methyl/N-ethyl adjacent to an activating group) is 1. The van der Waals surface area contributed by atoms with Crippen molar-refractivity contribution in [3.63, 3.8) is 0 Å². The second-order valence-corrected chi connectivity index (χ2v) is 6.50. The average molecular weight is 353 g/mol. The second-order valence-electron chi connectivity index (χ2n) is 5.77. The number of rotatable bonds is 4. The summed E-state index contributed by atoms with van der Waals surface area (Å²) in [6.45, 7) is 0.319. The van der Waals surface area contributed by atoms with E-state index in [0.717, 1.165) is 0 Å². The zero-order valence-electron chi connectivity index (χ0n) is 13.4. The minimum absolute atomic E-state index is 0.0204. The minimum Gasteiger partial charge on any atom is -0.445 e. The molecule has 1 aromatic rings. The van der Waals surface area contributed by atoms with E-state index < -0.39 is 17.1 Å². The van der Waals surface area contributed by atoms with E-state index in [-0.39, 0.29) is 23.5 Å². The molecule has 2 amide bonds. The highest BCUT2D eigenvalue weighted by atomic mass is 32.1. The highest BCUT2D eigenvalue weighted by molar-refractivity contribution is 7.81. The summed E-state index contributed by atoms with van der Waals surface area (Å²) in [7, 11) is 3.27. The Morgan fingerprint density at radius 1 is 1.38 bits per heavy atom. The first kappa shape index (κ1) is 18.1. The number of likely N-dealkylation sites (tertiary alicyclic amines) is 1. The molecule has 0 aliphatic carbocycles. The Morgan fingerprint density at radius 3 is 2.54 bits per heavy atom. The summed E-state index contributed by atoms with van der Waals surface area (Å²) in [6.07, 6.45) is -0.114. The molecule has 2 unspecified atom stereocenters. The highest BCUT2D eigenvalue weighted by Gasteiger charge is 2.39. The topological polar surface area (TPSA) is 93.0 Å². The third-order valence-electron chi connectivity index (χ3n) is 3.75. The molecule has 2 rings (SSSR count). The summed E-state index contributed by atoms with van der Waals surface area (Å²) < 4.78 is 5.23. The summed E-state index contributed by atoms with van der Waals surface area (Å²) in [6, 6.07) is 5.17. The number of thiol groups is 1. The van der Waals surface area contributed by atoms with Gasteiger partial charge in [-0.15, -0.1) is 0 Å². The van der Waals surface area contributed by atoms with Crippen molar-refractivity contribution < 1.29 is 19.2 Å². The Bertz CT molecular complexity index is 635. The van der Waals surface area contributed by atoms with E-state index in [4.69, 9.17) is 4.74 Å². The zero-order chi connectivity index (χ0) is 17.9. The van der Waals surface area contributed by atoms with E-state index in [0.29, 0.717) is 18.5 Å². The third kappa shape index (κ3) is 4.16. The predicted molar refractivity (Wildman–Crippen MR) is 89.9 cm³/mol. The van der Waals surface area contributed by atoms with E-state index in [9.17, 15) is 19.7 Å². The van der Waals surface area contributed by atoms with Gasteiger partial charge in [0, 0.05) is 38.0 Å². The highest BCUT2D eigenvalue weighted by Crippen LogP contribution is 2.24. The van der Waals surface area contributed by atoms with Crippen molar-refractivity contribution in [3.8, 4) is 0 Å². The number of nitro benzene ring substituents is 1. The monoisotopic (exact) mass is 353 g/mol. The van der Waals surface area contributed by atoms with Crippen LogP contribution in [-0.4, -0.2) is 58.7 Å². The molecular weight excluding hydrogens is 334 g/mol. The Morgan fingerprint density at radius 2 is 2.00 bits per heavy atom. The van der Waals surface area contributed by atoms with Gasteiger partial charge in [-0.3, -0.25) is 19.8 Å². The van der Waals surface area contributed by atoms with E-state index in [1.165, 1.54) is 34.1 Å². The van der Waals surface area contributed by atoms with Gasteiger partial charge in [-0.1, -0.05) is 0 Å². The van der Waals surface area contributed by atoms with Crippen molar-refractivity contribution in [2.75, 3.05) is 20.6 Å². The summed E-state index contributed by atoms with van der Waals surface area (Å²) in [5.41, 5.74) is 0.602. The number of nitro groups is 1. The smallest absolute Gasteiger partial charge is 0.410 e. The van der Waals surface area contributed by atoms with Crippen molar-refractivity contribution in [2.45, 2.75) is 24.3 Å². The summed E-state index contributed by atoms with van der Waals surface area (Å²) >= 11 is 4.35. The summed E-state index contributed by atoms with van der Waals surface area (Å²) in [4.78, 5) is 37.4. The fraction of sp³-hybridized carbons (Fsp3) is 0.467. The number of hydrogen-bond acceptors (Lipinski definition) is 6. The molecule has 1 saturated heterocycles. The molecular formula is C15H19N3O5S. The number of benzene rings is 1. The lowest BCUT2D eigenvalue weighted by Gasteiger charge is -2.25. The fourth-order valence-corrected chi connectivity index (χ4v) is 2.87. The van der Waals surface area contributed by atoms with Crippen LogP contribution in [0.5, 0.6) is 0 Å². The number of carbonyl (C=O) groups excluding carboxylic acids is 2. The standard InChI is InChI=1S/C15H19N3O5S/c1-16(2)14(19)13-7-12(24)8-17(13)15(20)23-9-10-3-5-11(6-4-10)18(21)22/h3-6,12-13,24H,7-9H2,1-2H3. The molecule has 130 valence electrons. The van der Waals surface area contributed by atoms with Gasteiger partial charge in [0.05, 0.1) is 4.92 Å². The van der Waals surface area contributed by atoms with Crippen molar-refractivity contribution >= 4 is 30.3 Å². The van der Waals surface area contributed by atoms with Crippen molar-refractivity contribution in [3.05, 3.63) is 39.9 Å². The van der Waals surface area contributed by atoms with Crippen LogP contribution in [0.4, 0.5) is 10.5 Å². The molecule has 9 heteroatoms. The van der Waals surface area contributed by atoms with Crippen LogP contribution in [0.15, 0.2) is 24.3 Å². The van der Waals surface area contributed by atoms with Gasteiger partial charge in [-0.25, -0.2) is 4.79 Å². The number of amides is 2. The summed E-state index contributed by atoms with van der Waals surface area (Å²) in [5.74, 6) is -0.168. The van der Waals surface area contributed by atoms with Gasteiger partial charge in [0.1, 0.15) is 12.6 Å². The average Bonchev–Trinajstić information content (AvgIpc) is 2.94. The lowest BCUT2D eigenvalue weighted by atomic mass is 10.2. The lowest BCUT2D eigenvalue weighted by molar-refractivity contribution is -0.384. The fourth-order valence-electron chi connectivity index (χ4n) is 2.49. The van der Waals surface area contributed by atoms with Crippen LogP contribution in [-0.2, 0) is 16.1 Å². The van der Waals surface area contributed by atoms with Crippen LogP contribution in [0, 0.1) is 10.1 Å². The van der Waals surface area contributed by atoms with Gasteiger partial charge in [0.2, 0.25) is 5.91 Å². The number of hydrogen-bond donors (Lipinski definition) is 1. The van der Waals surface area contributed by atoms with Crippen molar-refractivity contribution in [1.29, 1.82) is 0 Å². The first-order valence-corrected chi connectivity index (χ1v) is 7.87. The maximum atomic E-state index is 12.3. The number of nitrogens with zero attached hydrogens (tertiary/aromatic N) is 3. The molecule has 1 aliphatic heterocycles. The third-order valence-corrected chi connectivity index (χ3v) is 4.12. The van der Waals surface area contributed by atoms with Gasteiger partial charge in [0.15, 0.2) is 0 Å². The molecule has 1 aliphatic rings. The van der Waals surface area contributed by atoms with E-state index in [2.05, 4.69) is 12.6 Å². The van der Waals surface area contributed by atoms with Crippen LogP contribution in [0.2, 0.25) is 0 Å². The van der Waals surface area contributed by atoms with E-state index >= 15 is 0 Å². The maximum absolute atomic E-state index is 12.3. The van der Waals surface area contributed by atoms with Crippen LogP contribution < -0.4 is 0 Å². The van der Waals surface area contributed by atoms with Crippen LogP contribution in [0.25, 0.3) is 0 Å². The number of non-ortho nitro benzene ring substituents is 1. The van der Waals surface area contributed by atoms with Gasteiger partial charge in [-0.05, 0) is 24.1 Å². The lowest BCUT2D eigenvalue weighted by Crippen LogP contribution is -2.45. The van der Waals surface area contributed by atoms with Crippen molar-refractivity contribution in [1.82, 2.24) is 9.80 Å². The van der Waals surface area contributed by atoms with Gasteiger partial charge in [0.25, 0.3) is 5.69 Å². The van der Waals surface area contributed by atoms with Crippen LogP contribution in [0.3, 0.4) is 0 Å². The Labute approximate surface area is 144 Å². The largest absolute Gasteiger partial charge is 0.445 e. The Kier molecular flexibility index (Phi) is 5.66. The van der Waals surface area contributed by atoms with Gasteiger partial charge in [-0.2, -0.15) is 12.6 Å². The minimum atomic E-state index is -0.592. The molecule has 1 aromatic carbocycles. The number of ether oxygens (including phenoxy) is 1. The number of carbonyl (C=O) groups is 2. The molecule has 24 heavy (non-hydrogen) atoms.